The number of halogens is 1. The maximum atomic E-state index is 11.5. The lowest BCUT2D eigenvalue weighted by Crippen LogP contribution is -2.67. The normalized spacial score (nSPS) is 45.4. The molecule has 0 aliphatic carbocycles. The molecule has 3 rings (SSSR count). The van der Waals surface area contributed by atoms with Gasteiger partial charge in [-0.2, -0.15) is 0 Å². The molecule has 0 bridgehead atoms. The van der Waals surface area contributed by atoms with Gasteiger partial charge >= 0.3 is 0 Å². The predicted octanol–water partition coefficient (Wildman–Crippen LogP) is -7.04. The molecule has 3 aliphatic heterocycles. The van der Waals surface area contributed by atoms with Gasteiger partial charge in [-0.3, -0.25) is 4.79 Å². The van der Waals surface area contributed by atoms with Gasteiger partial charge in [0, 0.05) is 6.54 Å². The molecule has 0 aromatic carbocycles. The van der Waals surface area contributed by atoms with Gasteiger partial charge < -0.3 is 84.8 Å². The van der Waals surface area contributed by atoms with Crippen molar-refractivity contribution in [2.75, 3.05) is 38.3 Å². The van der Waals surface area contributed by atoms with Crippen LogP contribution in [0.1, 0.15) is 0 Å². The summed E-state index contributed by atoms with van der Waals surface area (Å²) in [7, 11) is 0. The third-order valence-electron chi connectivity index (χ3n) is 6.91. The molecule has 3 fully saturated rings. The molecule has 18 nitrogen and oxygen atoms in total. The van der Waals surface area contributed by atoms with E-state index in [2.05, 4.69) is 21.2 Å². The van der Waals surface area contributed by atoms with Crippen LogP contribution in [-0.4, -0.2) is 187 Å². The first-order chi connectivity index (χ1) is 19.5. The monoisotopic (exact) mass is 667 g/mol. The first kappa shape index (κ1) is 34.8. The fourth-order valence-electron chi connectivity index (χ4n) is 4.55. The smallest absolute Gasteiger partial charge is 0.230 e. The van der Waals surface area contributed by atoms with Crippen LogP contribution >= 0.6 is 15.9 Å². The summed E-state index contributed by atoms with van der Waals surface area (Å²) in [5.41, 5.74) is 0. The fraction of sp³-hybridized carbons (Fsp3) is 0.955. The molecule has 0 saturated carbocycles. The van der Waals surface area contributed by atoms with Crippen LogP contribution in [-0.2, 0) is 33.2 Å². The zero-order valence-corrected chi connectivity index (χ0v) is 23.2. The van der Waals surface area contributed by atoms with Crippen LogP contribution in [0.25, 0.3) is 0 Å². The summed E-state index contributed by atoms with van der Waals surface area (Å²) in [6, 6.07) is 0. The Bertz CT molecular complexity index is 814. The largest absolute Gasteiger partial charge is 0.394 e. The number of carbonyl (C=O) groups is 1. The highest BCUT2D eigenvalue weighted by Gasteiger charge is 2.54. The van der Waals surface area contributed by atoms with Crippen molar-refractivity contribution in [3.05, 3.63) is 0 Å². The second-order valence-electron chi connectivity index (χ2n) is 9.67. The highest BCUT2D eigenvalue weighted by Crippen LogP contribution is 2.33. The van der Waals surface area contributed by atoms with Gasteiger partial charge in [-0.1, -0.05) is 15.9 Å². The molecule has 240 valence electrons. The van der Waals surface area contributed by atoms with Gasteiger partial charge in [0.05, 0.1) is 31.8 Å². The minimum Gasteiger partial charge on any atom is -0.394 e. The van der Waals surface area contributed by atoms with E-state index in [1.807, 2.05) is 0 Å². The maximum absolute atomic E-state index is 11.5. The minimum atomic E-state index is -1.91. The number of hydrogen-bond acceptors (Lipinski definition) is 17. The van der Waals surface area contributed by atoms with Crippen LogP contribution < -0.4 is 5.32 Å². The number of amides is 1. The van der Waals surface area contributed by atoms with Crippen molar-refractivity contribution < 1.29 is 84.3 Å². The summed E-state index contributed by atoms with van der Waals surface area (Å²) >= 11 is 2.99. The second-order valence-corrected chi connectivity index (χ2v) is 10.2. The molecule has 0 spiro atoms. The van der Waals surface area contributed by atoms with Crippen molar-refractivity contribution in [1.29, 1.82) is 0 Å². The quantitative estimate of drug-likeness (QED) is 0.0680. The number of hydrogen-bond donors (Lipinski definition) is 11. The van der Waals surface area contributed by atoms with Gasteiger partial charge in [0.1, 0.15) is 73.2 Å². The number of rotatable bonds is 12. The third-order valence-corrected chi connectivity index (χ3v) is 7.42. The van der Waals surface area contributed by atoms with E-state index in [-0.39, 0.29) is 24.4 Å². The summed E-state index contributed by atoms with van der Waals surface area (Å²) < 4.78 is 33.3. The molecule has 15 atom stereocenters. The van der Waals surface area contributed by atoms with E-state index in [4.69, 9.17) is 28.4 Å². The Kier molecular flexibility index (Phi) is 13.5. The summed E-state index contributed by atoms with van der Waals surface area (Å²) in [4.78, 5) is 11.5. The van der Waals surface area contributed by atoms with Gasteiger partial charge in [0.2, 0.25) is 5.91 Å². The molecule has 11 N–H and O–H groups in total. The number of alkyl halides is 1. The molecule has 0 aromatic rings. The van der Waals surface area contributed by atoms with Gasteiger partial charge in [0.15, 0.2) is 18.9 Å². The molecular formula is C22H38BrNO17. The Hall–Kier alpha value is -0.690. The van der Waals surface area contributed by atoms with Crippen molar-refractivity contribution in [2.24, 2.45) is 0 Å². The molecule has 3 aliphatic rings. The Morgan fingerprint density at radius 1 is 0.634 bits per heavy atom. The van der Waals surface area contributed by atoms with Crippen molar-refractivity contribution >= 4 is 21.8 Å². The lowest BCUT2D eigenvalue weighted by atomic mass is 9.96. The Balaban J connectivity index is 1.83. The van der Waals surface area contributed by atoms with E-state index in [0.717, 1.165) is 0 Å². The van der Waals surface area contributed by atoms with Crippen LogP contribution in [0.15, 0.2) is 0 Å². The van der Waals surface area contributed by atoms with Gasteiger partial charge in [-0.05, 0) is 0 Å². The lowest BCUT2D eigenvalue weighted by Gasteiger charge is -2.48. The molecular weight excluding hydrogens is 630 g/mol. The average molecular weight is 668 g/mol. The molecule has 0 radical (unpaired) electrons. The van der Waals surface area contributed by atoms with Crippen LogP contribution in [0, 0.1) is 0 Å². The molecule has 3 heterocycles. The van der Waals surface area contributed by atoms with E-state index in [1.165, 1.54) is 0 Å². The number of aliphatic hydroxyl groups excluding tert-OH is 10. The van der Waals surface area contributed by atoms with Crippen LogP contribution in [0.5, 0.6) is 0 Å². The maximum Gasteiger partial charge on any atom is 0.230 e. The van der Waals surface area contributed by atoms with E-state index in [9.17, 15) is 55.9 Å². The van der Waals surface area contributed by atoms with Gasteiger partial charge in [0.25, 0.3) is 0 Å². The molecule has 41 heavy (non-hydrogen) atoms. The first-order valence-electron chi connectivity index (χ1n) is 12.8. The van der Waals surface area contributed by atoms with E-state index >= 15 is 0 Å². The number of nitrogens with one attached hydrogen (secondary N) is 1. The molecule has 19 heteroatoms. The van der Waals surface area contributed by atoms with Crippen molar-refractivity contribution in [3.63, 3.8) is 0 Å². The van der Waals surface area contributed by atoms with Crippen molar-refractivity contribution in [1.82, 2.24) is 5.32 Å². The topological polar surface area (TPSA) is 287 Å². The van der Waals surface area contributed by atoms with Crippen molar-refractivity contribution in [2.45, 2.75) is 92.1 Å². The van der Waals surface area contributed by atoms with Gasteiger partial charge in [-0.25, -0.2) is 0 Å². The Morgan fingerprint density at radius 2 is 1.07 bits per heavy atom. The third kappa shape index (κ3) is 8.08. The summed E-state index contributed by atoms with van der Waals surface area (Å²) in [5.74, 6) is -0.346. The number of aliphatic hydroxyl groups is 10. The molecule has 1 amide bonds. The van der Waals surface area contributed by atoms with Gasteiger partial charge in [-0.15, -0.1) is 0 Å². The zero-order valence-electron chi connectivity index (χ0n) is 21.6. The second kappa shape index (κ2) is 15.9. The SMILES string of the molecule is O=C(CBr)NCCO[C@@H]1O[C@H](CO)[C@@H](O)[C@H](O)[C@@H]1O[C@@H]1O[C@H](CO)[C@@H](O)[C@H](O)[C@@H]1O[C@@H]1O[C@H](CO)[C@@H](O)[C@H](O)[C@@H]1O. The average Bonchev–Trinajstić information content (AvgIpc) is 2.97. The number of ether oxygens (including phenoxy) is 6. The molecule has 0 aromatic heterocycles. The van der Waals surface area contributed by atoms with E-state index in [0.29, 0.717) is 0 Å². The minimum absolute atomic E-state index is 0.000278. The Morgan fingerprint density at radius 3 is 1.59 bits per heavy atom. The standard InChI is InChI=1S/C22H38BrNO17/c23-3-10(28)24-1-2-36-21-18(15(33)12(30)8(5-26)38-21)41-22-19(16(34)13(31)9(6-27)39-22)40-20-17(35)14(32)11(29)7(4-25)37-20/h7-9,11-22,25-27,29-35H,1-6H2,(H,24,28)/t7-,8-,9-,11-,12-,13-,14+,15+,16+,17+,18+,19+,20+,21-,22+/m1/s1. The number of carbonyl (C=O) groups excluding carboxylic acids is 1. The highest BCUT2D eigenvalue weighted by atomic mass is 79.9. The fourth-order valence-corrected chi connectivity index (χ4v) is 4.75. The summed E-state index contributed by atoms with van der Waals surface area (Å²) in [6.07, 6.45) is -25.2. The summed E-state index contributed by atoms with van der Waals surface area (Å²) in [5, 5.41) is 104. The van der Waals surface area contributed by atoms with Crippen LogP contribution in [0.3, 0.4) is 0 Å². The highest BCUT2D eigenvalue weighted by molar-refractivity contribution is 9.09. The van der Waals surface area contributed by atoms with Crippen LogP contribution in [0.4, 0.5) is 0 Å². The molecule has 3 saturated heterocycles. The van der Waals surface area contributed by atoms with Crippen LogP contribution in [0.2, 0.25) is 0 Å². The molecule has 0 unspecified atom stereocenters. The predicted molar refractivity (Wildman–Crippen MR) is 132 cm³/mol. The first-order valence-corrected chi connectivity index (χ1v) is 13.9. The van der Waals surface area contributed by atoms with E-state index < -0.39 is 112 Å². The lowest BCUT2D eigenvalue weighted by molar-refractivity contribution is -0.393. The van der Waals surface area contributed by atoms with E-state index in [1.54, 1.807) is 0 Å². The summed E-state index contributed by atoms with van der Waals surface area (Å²) in [6.45, 7) is -2.49. The van der Waals surface area contributed by atoms with Crippen molar-refractivity contribution in [3.8, 4) is 0 Å². The Labute approximate surface area is 242 Å². The zero-order chi connectivity index (χ0) is 30.4.